The van der Waals surface area contributed by atoms with Gasteiger partial charge in [0.1, 0.15) is 0 Å². The van der Waals surface area contributed by atoms with E-state index in [2.05, 4.69) is 0 Å². The maximum atomic E-state index is 12.5. The summed E-state index contributed by atoms with van der Waals surface area (Å²) < 4.78 is 5.05. The molecule has 0 spiro atoms. The lowest BCUT2D eigenvalue weighted by molar-refractivity contribution is -0.147. The molecule has 156 valence electrons. The van der Waals surface area contributed by atoms with Gasteiger partial charge in [-0.1, -0.05) is 29.8 Å². The molecule has 0 aliphatic carbocycles. The summed E-state index contributed by atoms with van der Waals surface area (Å²) in [5.41, 5.74) is 3.16. The molecular weight excluding hydrogens is 404 g/mol. The smallest absolute Gasteiger partial charge is 0.306 e. The molecule has 2 rings (SSSR count). The van der Waals surface area contributed by atoms with E-state index in [1.165, 1.54) is 4.90 Å². The Hall–Kier alpha value is -3.17. The predicted molar refractivity (Wildman–Crippen MR) is 114 cm³/mol. The summed E-state index contributed by atoms with van der Waals surface area (Å²) in [7, 11) is 0. The third-order valence-electron chi connectivity index (χ3n) is 4.61. The number of carbonyl (C=O) groups is 3. The maximum absolute atomic E-state index is 12.5. The van der Waals surface area contributed by atoms with Crippen molar-refractivity contribution < 1.29 is 19.1 Å². The van der Waals surface area contributed by atoms with Crippen LogP contribution in [0.15, 0.2) is 42.5 Å². The van der Waals surface area contributed by atoms with Crippen LogP contribution >= 0.6 is 11.6 Å². The lowest BCUT2D eigenvalue weighted by Gasteiger charge is -2.21. The van der Waals surface area contributed by atoms with E-state index < -0.39 is 18.5 Å². The molecule has 7 heteroatoms. The van der Waals surface area contributed by atoms with E-state index in [1.807, 2.05) is 26.0 Å². The quantitative estimate of drug-likeness (QED) is 0.437. The van der Waals surface area contributed by atoms with Gasteiger partial charge in [0.15, 0.2) is 12.4 Å². The lowest BCUT2D eigenvalue weighted by Crippen LogP contribution is -2.35. The van der Waals surface area contributed by atoms with Gasteiger partial charge in [-0.15, -0.1) is 0 Å². The van der Waals surface area contributed by atoms with Crippen molar-refractivity contribution >= 4 is 34.9 Å². The number of Topliss-reactive ketones (excluding diaryl/α,β-unsaturated/α-hetero) is 1. The molecule has 6 nitrogen and oxygen atoms in total. The summed E-state index contributed by atoms with van der Waals surface area (Å²) in [6.45, 7) is 3.55. The van der Waals surface area contributed by atoms with Crippen molar-refractivity contribution in [2.75, 3.05) is 18.1 Å². The second-order valence-corrected chi connectivity index (χ2v) is 7.25. The Morgan fingerprint density at radius 2 is 1.83 bits per heavy atom. The number of halogens is 1. The van der Waals surface area contributed by atoms with E-state index in [9.17, 15) is 14.4 Å². The van der Waals surface area contributed by atoms with Gasteiger partial charge in [-0.25, -0.2) is 0 Å². The van der Waals surface area contributed by atoms with E-state index in [0.717, 1.165) is 11.1 Å². The van der Waals surface area contributed by atoms with E-state index in [4.69, 9.17) is 21.6 Å². The molecule has 0 N–H and O–H groups in total. The molecule has 2 aromatic rings. The number of anilines is 1. The highest BCUT2D eigenvalue weighted by Crippen LogP contribution is 2.20. The van der Waals surface area contributed by atoms with Gasteiger partial charge in [-0.05, 0) is 49.2 Å². The van der Waals surface area contributed by atoms with Gasteiger partial charge >= 0.3 is 5.97 Å². The summed E-state index contributed by atoms with van der Waals surface area (Å²) >= 11 is 5.97. The first-order chi connectivity index (χ1) is 14.3. The Morgan fingerprint density at radius 1 is 1.07 bits per heavy atom. The molecule has 0 radical (unpaired) electrons. The Labute approximate surface area is 181 Å². The van der Waals surface area contributed by atoms with Gasteiger partial charge < -0.3 is 9.64 Å². The van der Waals surface area contributed by atoms with Crippen LogP contribution in [0, 0.1) is 25.2 Å². The molecule has 1 amide bonds. The van der Waals surface area contributed by atoms with Crippen molar-refractivity contribution in [2.45, 2.75) is 33.1 Å². The van der Waals surface area contributed by atoms with Crippen LogP contribution in [0.4, 0.5) is 5.69 Å². The average Bonchev–Trinajstić information content (AvgIpc) is 2.72. The molecule has 0 aromatic heterocycles. The molecule has 0 heterocycles. The van der Waals surface area contributed by atoms with E-state index in [0.29, 0.717) is 16.3 Å². The van der Waals surface area contributed by atoms with Crippen molar-refractivity contribution in [3.05, 3.63) is 64.2 Å². The number of rotatable bonds is 9. The van der Waals surface area contributed by atoms with Crippen LogP contribution < -0.4 is 4.90 Å². The molecule has 0 atom stereocenters. The summed E-state index contributed by atoms with van der Waals surface area (Å²) in [4.78, 5) is 38.2. The lowest BCUT2D eigenvalue weighted by atomic mass is 10.0. The number of esters is 1. The Kier molecular flexibility index (Phi) is 8.57. The molecule has 0 saturated heterocycles. The molecular formula is C23H23ClN2O4. The maximum Gasteiger partial charge on any atom is 0.306 e. The van der Waals surface area contributed by atoms with Crippen LogP contribution in [0.5, 0.6) is 0 Å². The van der Waals surface area contributed by atoms with Gasteiger partial charge in [-0.2, -0.15) is 5.26 Å². The first-order valence-electron chi connectivity index (χ1n) is 9.50. The molecule has 0 unspecified atom stereocenters. The fraction of sp³-hybridized carbons (Fsp3) is 0.304. The van der Waals surface area contributed by atoms with Gasteiger partial charge in [-0.3, -0.25) is 14.4 Å². The molecule has 0 bridgehead atoms. The molecule has 30 heavy (non-hydrogen) atoms. The number of ether oxygens (including phenoxy) is 1. The monoisotopic (exact) mass is 426 g/mol. The average molecular weight is 427 g/mol. The van der Waals surface area contributed by atoms with Crippen LogP contribution in [0.25, 0.3) is 0 Å². The molecule has 0 saturated carbocycles. The van der Waals surface area contributed by atoms with E-state index in [-0.39, 0.29) is 31.6 Å². The Balaban J connectivity index is 1.89. The number of carbonyl (C=O) groups excluding carboxylic acids is 3. The second-order valence-electron chi connectivity index (χ2n) is 6.82. The number of hydrogen-bond donors (Lipinski definition) is 0. The molecule has 0 aliphatic rings. The number of benzene rings is 2. The number of nitrogens with zero attached hydrogens (tertiary/aromatic N) is 2. The first-order valence-corrected chi connectivity index (χ1v) is 9.88. The molecule has 2 aromatic carbocycles. The molecule has 0 aliphatic heterocycles. The third kappa shape index (κ3) is 6.71. The largest absolute Gasteiger partial charge is 0.456 e. The minimum atomic E-state index is -0.633. The summed E-state index contributed by atoms with van der Waals surface area (Å²) in [6.07, 6.45) is 0.00698. The zero-order chi connectivity index (χ0) is 22.1. The van der Waals surface area contributed by atoms with Crippen molar-refractivity contribution in [3.63, 3.8) is 0 Å². The highest BCUT2D eigenvalue weighted by atomic mass is 35.5. The highest BCUT2D eigenvalue weighted by molar-refractivity contribution is 6.30. The van der Waals surface area contributed by atoms with Crippen LogP contribution in [0.3, 0.4) is 0 Å². The van der Waals surface area contributed by atoms with Crippen LogP contribution in [-0.4, -0.2) is 30.8 Å². The van der Waals surface area contributed by atoms with Crippen molar-refractivity contribution in [1.82, 2.24) is 0 Å². The van der Waals surface area contributed by atoms with Gasteiger partial charge in [0.25, 0.3) is 5.91 Å². The number of aryl methyl sites for hydroxylation is 2. The minimum Gasteiger partial charge on any atom is -0.456 e. The van der Waals surface area contributed by atoms with Gasteiger partial charge in [0.05, 0.1) is 18.9 Å². The van der Waals surface area contributed by atoms with Crippen molar-refractivity contribution in [3.8, 4) is 6.07 Å². The minimum absolute atomic E-state index is 0.00195. The van der Waals surface area contributed by atoms with Crippen LogP contribution in [0.2, 0.25) is 5.02 Å². The second kappa shape index (κ2) is 11.1. The Morgan fingerprint density at radius 3 is 2.50 bits per heavy atom. The van der Waals surface area contributed by atoms with Crippen molar-refractivity contribution in [1.29, 1.82) is 5.26 Å². The summed E-state index contributed by atoms with van der Waals surface area (Å²) in [5, 5.41) is 9.28. The zero-order valence-corrected chi connectivity index (χ0v) is 17.7. The van der Waals surface area contributed by atoms with Gasteiger partial charge in [0, 0.05) is 29.2 Å². The summed E-state index contributed by atoms with van der Waals surface area (Å²) in [6, 6.07) is 14.0. The van der Waals surface area contributed by atoms with Gasteiger partial charge in [0.2, 0.25) is 0 Å². The predicted octanol–water partition coefficient (Wildman–Crippen LogP) is 4.41. The number of nitriles is 1. The standard InChI is InChI=1S/C23H23ClN2O4/c1-16-7-8-18(13-17(16)2)21(27)9-10-23(29)30-15-22(28)26(12-4-11-25)20-6-3-5-19(24)14-20/h3,5-8,13-14H,4,9-10,12,15H2,1-2H3. The van der Waals surface area contributed by atoms with Crippen LogP contribution in [-0.2, 0) is 14.3 Å². The molecule has 0 fully saturated rings. The van der Waals surface area contributed by atoms with E-state index in [1.54, 1.807) is 36.4 Å². The number of hydrogen-bond acceptors (Lipinski definition) is 5. The first kappa shape index (κ1) is 23.1. The van der Waals surface area contributed by atoms with Crippen LogP contribution in [0.1, 0.15) is 40.7 Å². The SMILES string of the molecule is Cc1ccc(C(=O)CCC(=O)OCC(=O)N(CCC#N)c2cccc(Cl)c2)cc1C. The Bertz CT molecular complexity index is 981. The summed E-state index contributed by atoms with van der Waals surface area (Å²) in [5.74, 6) is -1.26. The number of amides is 1. The fourth-order valence-corrected chi connectivity index (χ4v) is 2.96. The number of ketones is 1. The topological polar surface area (TPSA) is 87.5 Å². The zero-order valence-electron chi connectivity index (χ0n) is 17.0. The third-order valence-corrected chi connectivity index (χ3v) is 4.84. The normalized spacial score (nSPS) is 10.2. The fourth-order valence-electron chi connectivity index (χ4n) is 2.77. The highest BCUT2D eigenvalue weighted by Gasteiger charge is 2.18. The van der Waals surface area contributed by atoms with E-state index >= 15 is 0 Å². The van der Waals surface area contributed by atoms with Crippen molar-refractivity contribution in [2.24, 2.45) is 0 Å².